The van der Waals surface area contributed by atoms with Crippen molar-refractivity contribution >= 4 is 32.1 Å². The summed E-state index contributed by atoms with van der Waals surface area (Å²) < 4.78 is 14.7. The standard InChI is InChI=1S/H2N4P4/c1-5-2-7(1)8-3-6-4-8/h(H,1,2)(H,3,4). The van der Waals surface area contributed by atoms with Crippen LogP contribution < -0.4 is 0 Å². The van der Waals surface area contributed by atoms with Crippen LogP contribution in [0, 0.1) is 0 Å². The van der Waals surface area contributed by atoms with Gasteiger partial charge in [-0.25, -0.2) is 0 Å². The number of hydrogen-bond donors (Lipinski definition) is 2. The maximum atomic E-state index is 4.19. The van der Waals surface area contributed by atoms with E-state index in [1.165, 1.54) is 0 Å². The van der Waals surface area contributed by atoms with Crippen LogP contribution in [0.2, 0.25) is 0 Å². The Bertz CT molecular complexity index is 199. The zero-order valence-corrected chi connectivity index (χ0v) is 7.26. The van der Waals surface area contributed by atoms with Crippen molar-refractivity contribution in [2.45, 2.75) is 0 Å². The first-order chi connectivity index (χ1) is 3.97. The Kier molecular flexibility index (Phi) is 1.28. The molecule has 0 fully saturated rings. The minimum Gasteiger partial charge on any atom is -0.289 e. The van der Waals surface area contributed by atoms with E-state index in [-0.39, 0.29) is 15.1 Å². The normalized spacial score (nSPS) is 17.0. The highest BCUT2D eigenvalue weighted by Crippen LogP contribution is 2.52. The molecule has 4 nitrogen and oxygen atoms in total. The Hall–Kier alpha value is 0.400. The number of aromatic nitrogens is 4. The van der Waals surface area contributed by atoms with E-state index in [0.29, 0.717) is 0 Å². The first-order valence-corrected chi connectivity index (χ1v) is 6.88. The molecule has 0 aromatic carbocycles. The van der Waals surface area contributed by atoms with Crippen molar-refractivity contribution in [2.24, 2.45) is 0 Å². The first kappa shape index (κ1) is 5.21. The van der Waals surface area contributed by atoms with E-state index in [1.54, 1.807) is 0 Å². The summed E-state index contributed by atoms with van der Waals surface area (Å²) in [5.74, 6) is 0. The van der Waals surface area contributed by atoms with Crippen molar-refractivity contribution in [1.29, 1.82) is 0 Å². The topological polar surface area (TPSA) is 57.4 Å². The van der Waals surface area contributed by atoms with Gasteiger partial charge in [0, 0.05) is 0 Å². The molecule has 0 saturated carbocycles. The second-order valence-electron chi connectivity index (χ2n) is 1.16. The highest BCUT2D eigenvalue weighted by Gasteiger charge is 2.02. The van der Waals surface area contributed by atoms with Crippen molar-refractivity contribution in [3.05, 3.63) is 0 Å². The second-order valence-corrected chi connectivity index (χ2v) is 8.02. The molecule has 2 heterocycles. The lowest BCUT2D eigenvalue weighted by atomic mass is 13.8. The molecule has 0 amide bonds. The highest BCUT2D eigenvalue weighted by molar-refractivity contribution is 8.19. The summed E-state index contributed by atoms with van der Waals surface area (Å²) >= 11 is 0. The summed E-state index contributed by atoms with van der Waals surface area (Å²) in [6, 6.07) is 0. The number of nitrogens with one attached hydrogen (secondary N) is 2. The van der Waals surface area contributed by atoms with Crippen LogP contribution in [0.4, 0.5) is 0 Å². The monoisotopic (exact) mass is 182 g/mol. The zero-order chi connectivity index (χ0) is 5.40. The maximum Gasteiger partial charge on any atom is 0.140 e. The van der Waals surface area contributed by atoms with Crippen LogP contribution in [0.3, 0.4) is 0 Å². The van der Waals surface area contributed by atoms with Crippen molar-refractivity contribution in [1.82, 2.24) is 18.0 Å². The summed E-state index contributed by atoms with van der Waals surface area (Å²) in [5, 5.41) is 0. The molecular formula is H2N4P4. The fourth-order valence-corrected chi connectivity index (χ4v) is 7.30. The predicted octanol–water partition coefficient (Wildman–Crippen LogP) is 2.58. The predicted molar refractivity (Wildman–Crippen MR) is 38.4 cm³/mol. The van der Waals surface area contributed by atoms with E-state index in [2.05, 4.69) is 18.0 Å². The van der Waals surface area contributed by atoms with Gasteiger partial charge in [0.25, 0.3) is 0 Å². The summed E-state index contributed by atoms with van der Waals surface area (Å²) in [4.78, 5) is 0. The Balaban J connectivity index is 2.36. The van der Waals surface area contributed by atoms with Gasteiger partial charge in [-0.1, -0.05) is 0 Å². The van der Waals surface area contributed by atoms with Crippen LogP contribution >= 0.6 is 32.1 Å². The van der Waals surface area contributed by atoms with Gasteiger partial charge in [-0.2, -0.15) is 9.02 Å². The fraction of sp³-hybridized carbons (Fsp3) is 0. The largest absolute Gasteiger partial charge is 0.289 e. The average Bonchev–Trinajstić information content (AvgIpc) is 1.47. The molecule has 2 rings (SSSR count). The summed E-state index contributed by atoms with van der Waals surface area (Å²) in [6.07, 6.45) is 0. The van der Waals surface area contributed by atoms with E-state index in [0.717, 1.165) is 17.0 Å². The number of H-pyrrole nitrogens is 2. The molecule has 2 N–H and O–H groups in total. The summed E-state index contributed by atoms with van der Waals surface area (Å²) in [7, 11) is 1.63. The third-order valence-electron chi connectivity index (χ3n) is 0.707. The molecule has 2 aromatic heterocycles. The minimum atomic E-state index is -0.230. The van der Waals surface area contributed by atoms with E-state index in [9.17, 15) is 0 Å². The lowest BCUT2D eigenvalue weighted by Gasteiger charge is -2.01. The van der Waals surface area contributed by atoms with Crippen LogP contribution in [-0.2, 0) is 0 Å². The SMILES string of the molecule is n1p[nH]p1-p1np[nH]1. The molecule has 8 heavy (non-hydrogen) atoms. The van der Waals surface area contributed by atoms with Gasteiger partial charge in [0.1, 0.15) is 32.1 Å². The molecule has 0 bridgehead atoms. The van der Waals surface area contributed by atoms with Crippen LogP contribution in [-0.4, -0.2) is 18.0 Å². The number of nitrogens with zero attached hydrogens (tertiary/aromatic N) is 2. The number of rotatable bonds is 1. The molecule has 0 aliphatic heterocycles. The van der Waals surface area contributed by atoms with E-state index in [4.69, 9.17) is 0 Å². The highest BCUT2D eigenvalue weighted by atomic mass is 32.1. The molecule has 2 atom stereocenters. The van der Waals surface area contributed by atoms with Gasteiger partial charge in [0.05, 0.1) is 0 Å². The van der Waals surface area contributed by atoms with E-state index < -0.39 is 0 Å². The molecule has 0 saturated heterocycles. The van der Waals surface area contributed by atoms with Crippen molar-refractivity contribution in [3.8, 4) is 0 Å². The molecule has 8 heteroatoms. The number of hydrogen-bond acceptors (Lipinski definition) is 2. The molecule has 42 valence electrons. The summed E-state index contributed by atoms with van der Waals surface area (Å²) in [5.41, 5.74) is 0. The smallest absolute Gasteiger partial charge is 0.140 e. The third-order valence-corrected chi connectivity index (χ3v) is 9.41. The van der Waals surface area contributed by atoms with Crippen LogP contribution in [0.15, 0.2) is 0 Å². The average molecular weight is 182 g/mol. The molecule has 0 radical (unpaired) electrons. The molecule has 0 spiro atoms. The quantitative estimate of drug-likeness (QED) is 0.711. The van der Waals surface area contributed by atoms with Crippen LogP contribution in [0.5, 0.6) is 0 Å². The van der Waals surface area contributed by atoms with E-state index in [1.807, 2.05) is 0 Å². The van der Waals surface area contributed by atoms with Gasteiger partial charge in [-0.05, 0) is 0 Å². The second kappa shape index (κ2) is 1.97. The van der Waals surface area contributed by atoms with Crippen LogP contribution in [0.1, 0.15) is 0 Å². The van der Waals surface area contributed by atoms with Gasteiger partial charge in [0.2, 0.25) is 0 Å². The van der Waals surface area contributed by atoms with Crippen LogP contribution in [0.25, 0.3) is 0 Å². The molecule has 2 aromatic rings. The Morgan fingerprint density at radius 2 is 1.38 bits per heavy atom. The zero-order valence-electron chi connectivity index (χ0n) is 3.68. The molecule has 2 unspecified atom stereocenters. The molecule has 0 aliphatic rings. The number of aromatic amines is 2. The first-order valence-electron chi connectivity index (χ1n) is 1.89. The fourth-order valence-electron chi connectivity index (χ4n) is 0.330. The minimum absolute atomic E-state index is 0.230. The van der Waals surface area contributed by atoms with Crippen molar-refractivity contribution < 1.29 is 0 Å². The van der Waals surface area contributed by atoms with Gasteiger partial charge in [-0.15, -0.1) is 0 Å². The van der Waals surface area contributed by atoms with Gasteiger partial charge in [0.15, 0.2) is 0 Å². The van der Waals surface area contributed by atoms with Gasteiger partial charge in [-0.3, -0.25) is 9.02 Å². The third kappa shape index (κ3) is 0.694. The Labute approximate surface area is 50.9 Å². The van der Waals surface area contributed by atoms with Gasteiger partial charge < -0.3 is 0 Å². The van der Waals surface area contributed by atoms with E-state index >= 15 is 0 Å². The molecule has 0 aliphatic carbocycles. The van der Waals surface area contributed by atoms with Gasteiger partial charge >= 0.3 is 0 Å². The van der Waals surface area contributed by atoms with Crippen molar-refractivity contribution in [3.63, 3.8) is 0 Å². The summed E-state index contributed by atoms with van der Waals surface area (Å²) in [6.45, 7) is 0. The Morgan fingerprint density at radius 1 is 1.00 bits per heavy atom. The Morgan fingerprint density at radius 3 is 1.50 bits per heavy atom. The lowest BCUT2D eigenvalue weighted by Crippen LogP contribution is -1.70. The van der Waals surface area contributed by atoms with Crippen molar-refractivity contribution in [2.75, 3.05) is 0 Å². The lowest BCUT2D eigenvalue weighted by molar-refractivity contribution is 1.64. The maximum absolute atomic E-state index is 4.19. The molecular weight excluding hydrogens is 180 g/mol.